The van der Waals surface area contributed by atoms with Crippen LogP contribution in [0.1, 0.15) is 50.7 Å². The molecular formula is C26H33NO4. The summed E-state index contributed by atoms with van der Waals surface area (Å²) in [6.45, 7) is 6.28. The second-order valence-electron chi connectivity index (χ2n) is 11.3. The molecular weight excluding hydrogens is 390 g/mol. The zero-order chi connectivity index (χ0) is 21.4. The van der Waals surface area contributed by atoms with Crippen molar-refractivity contribution < 1.29 is 19.7 Å². The van der Waals surface area contributed by atoms with Gasteiger partial charge in [0.2, 0.25) is 0 Å². The van der Waals surface area contributed by atoms with E-state index < -0.39 is 11.2 Å². The number of aromatic hydroxyl groups is 1. The van der Waals surface area contributed by atoms with Crippen LogP contribution in [-0.2, 0) is 16.6 Å². The largest absolute Gasteiger partial charge is 0.504 e. The van der Waals surface area contributed by atoms with Gasteiger partial charge in [-0.3, -0.25) is 4.90 Å². The summed E-state index contributed by atoms with van der Waals surface area (Å²) in [6.07, 6.45) is 9.37. The fourth-order valence-electron chi connectivity index (χ4n) is 9.53. The van der Waals surface area contributed by atoms with Crippen LogP contribution >= 0.6 is 0 Å². The van der Waals surface area contributed by atoms with Crippen molar-refractivity contribution in [2.75, 3.05) is 20.2 Å². The number of aliphatic hydroxyl groups is 1. The summed E-state index contributed by atoms with van der Waals surface area (Å²) >= 11 is 0. The summed E-state index contributed by atoms with van der Waals surface area (Å²) in [4.78, 5) is 2.69. The summed E-state index contributed by atoms with van der Waals surface area (Å²) in [5, 5.41) is 22.8. The molecule has 9 atom stereocenters. The molecule has 7 aliphatic rings. The van der Waals surface area contributed by atoms with Gasteiger partial charge in [0.25, 0.3) is 0 Å². The van der Waals surface area contributed by atoms with Crippen molar-refractivity contribution in [1.29, 1.82) is 0 Å². The second kappa shape index (κ2) is 5.49. The number of phenolic OH excluding ortho intramolecular Hbond substituents is 1. The van der Waals surface area contributed by atoms with Gasteiger partial charge in [-0.25, -0.2) is 0 Å². The van der Waals surface area contributed by atoms with Crippen molar-refractivity contribution in [3.8, 4) is 11.5 Å². The topological polar surface area (TPSA) is 62.2 Å². The van der Waals surface area contributed by atoms with E-state index in [-0.39, 0.29) is 28.6 Å². The zero-order valence-electron chi connectivity index (χ0n) is 18.7. The van der Waals surface area contributed by atoms with Crippen molar-refractivity contribution in [3.05, 3.63) is 35.4 Å². The quantitative estimate of drug-likeness (QED) is 0.713. The van der Waals surface area contributed by atoms with E-state index in [0.29, 0.717) is 17.7 Å². The molecule has 2 unspecified atom stereocenters. The molecule has 4 aliphatic carbocycles. The SMILES string of the molecule is CCCC[C@@](C)(O)C1[C@@H]2CN3CC[C@]45c6c7ccc(O)c6O[C@H]4[C@@]1(OC)C=C[C@]25[C@H]3C7. The number of rotatable bonds is 5. The van der Waals surface area contributed by atoms with Gasteiger partial charge in [-0.1, -0.05) is 38.0 Å². The number of benzene rings is 1. The first-order valence-corrected chi connectivity index (χ1v) is 12.1. The van der Waals surface area contributed by atoms with Crippen molar-refractivity contribution in [1.82, 2.24) is 4.90 Å². The third-order valence-corrected chi connectivity index (χ3v) is 10.3. The highest BCUT2D eigenvalue weighted by atomic mass is 16.6. The van der Waals surface area contributed by atoms with Crippen LogP contribution in [-0.4, -0.2) is 58.7 Å². The van der Waals surface area contributed by atoms with E-state index in [4.69, 9.17) is 9.47 Å². The predicted octanol–water partition coefficient (Wildman–Crippen LogP) is 3.16. The number of nitrogens with zero attached hydrogens (tertiary/aromatic N) is 1. The van der Waals surface area contributed by atoms with Crippen LogP contribution in [0.15, 0.2) is 24.3 Å². The first-order valence-electron chi connectivity index (χ1n) is 12.1. The lowest BCUT2D eigenvalue weighted by molar-refractivity contribution is -0.251. The predicted molar refractivity (Wildman–Crippen MR) is 116 cm³/mol. The van der Waals surface area contributed by atoms with Crippen molar-refractivity contribution in [2.45, 2.75) is 74.7 Å². The van der Waals surface area contributed by atoms with Crippen LogP contribution in [0.5, 0.6) is 11.5 Å². The molecule has 3 aliphatic heterocycles. The molecule has 8 rings (SSSR count). The zero-order valence-corrected chi connectivity index (χ0v) is 18.7. The Hall–Kier alpha value is -1.56. The van der Waals surface area contributed by atoms with E-state index in [1.54, 1.807) is 13.2 Å². The van der Waals surface area contributed by atoms with E-state index in [2.05, 4.69) is 30.0 Å². The summed E-state index contributed by atoms with van der Waals surface area (Å²) in [7, 11) is 1.79. The molecule has 166 valence electrons. The Balaban J connectivity index is 1.54. The van der Waals surface area contributed by atoms with E-state index in [9.17, 15) is 10.2 Å². The lowest BCUT2D eigenvalue weighted by atomic mass is 9.34. The van der Waals surface area contributed by atoms with Gasteiger partial charge < -0.3 is 19.7 Å². The van der Waals surface area contributed by atoms with Gasteiger partial charge >= 0.3 is 0 Å². The average Bonchev–Trinajstić information content (AvgIpc) is 3.23. The van der Waals surface area contributed by atoms with Crippen LogP contribution in [0.25, 0.3) is 0 Å². The Morgan fingerprint density at radius 1 is 1.32 bits per heavy atom. The van der Waals surface area contributed by atoms with Crippen LogP contribution in [0.2, 0.25) is 0 Å². The Morgan fingerprint density at radius 3 is 2.94 bits per heavy atom. The molecule has 5 heteroatoms. The maximum absolute atomic E-state index is 12.0. The molecule has 0 radical (unpaired) electrons. The minimum Gasteiger partial charge on any atom is -0.504 e. The van der Waals surface area contributed by atoms with E-state index in [1.807, 2.05) is 6.92 Å². The lowest BCUT2D eigenvalue weighted by Gasteiger charge is -2.71. The summed E-state index contributed by atoms with van der Waals surface area (Å²) < 4.78 is 13.2. The number of phenols is 1. The normalized spacial score (nSPS) is 48.6. The van der Waals surface area contributed by atoms with Crippen molar-refractivity contribution in [3.63, 3.8) is 0 Å². The minimum absolute atomic E-state index is 0.0386. The highest BCUT2D eigenvalue weighted by Crippen LogP contribution is 2.79. The molecule has 1 saturated carbocycles. The maximum Gasteiger partial charge on any atom is 0.165 e. The standard InChI is InChI=1S/C26H33NO4/c1-4-5-8-23(2,29)21-16-14-27-12-11-25-19-15-6-7-17(28)20(19)31-22(25)26(21,30-3)10-9-24(16,25)18(27)13-15/h6-7,9-10,16,18,21-22,28-29H,4-5,8,11-14H2,1-3H3/t16-,18+,21?,22+,23+,24+,25-,26+/m0/s1. The van der Waals surface area contributed by atoms with E-state index >= 15 is 0 Å². The first-order chi connectivity index (χ1) is 14.9. The summed E-state index contributed by atoms with van der Waals surface area (Å²) in [5.74, 6) is 1.20. The molecule has 3 heterocycles. The summed E-state index contributed by atoms with van der Waals surface area (Å²) in [5.41, 5.74) is 0.790. The number of unbranched alkanes of at least 4 members (excludes halogenated alkanes) is 1. The minimum atomic E-state index is -0.841. The molecule has 1 aromatic rings. The van der Waals surface area contributed by atoms with Crippen LogP contribution in [0.4, 0.5) is 0 Å². The Morgan fingerprint density at radius 2 is 2.16 bits per heavy atom. The second-order valence-corrected chi connectivity index (χ2v) is 11.3. The molecule has 0 aromatic heterocycles. The summed E-state index contributed by atoms with van der Waals surface area (Å²) in [6, 6.07) is 4.35. The highest BCUT2D eigenvalue weighted by Gasteiger charge is 2.85. The highest BCUT2D eigenvalue weighted by molar-refractivity contribution is 5.66. The Kier molecular flexibility index (Phi) is 3.36. The Bertz CT molecular complexity index is 1020. The van der Waals surface area contributed by atoms with Gasteiger partial charge in [-0.05, 0) is 50.3 Å². The van der Waals surface area contributed by atoms with Crippen LogP contribution < -0.4 is 4.74 Å². The van der Waals surface area contributed by atoms with E-state index in [1.165, 1.54) is 11.1 Å². The molecule has 2 saturated heterocycles. The molecule has 31 heavy (non-hydrogen) atoms. The third kappa shape index (κ3) is 1.72. The van der Waals surface area contributed by atoms with E-state index in [0.717, 1.165) is 45.2 Å². The average molecular weight is 424 g/mol. The molecule has 1 aromatic carbocycles. The molecule has 5 nitrogen and oxygen atoms in total. The fraction of sp³-hybridized carbons (Fsp3) is 0.692. The first kappa shape index (κ1) is 19.0. The van der Waals surface area contributed by atoms with Gasteiger partial charge in [0.05, 0.1) is 11.0 Å². The van der Waals surface area contributed by atoms with Crippen LogP contribution in [0.3, 0.4) is 0 Å². The van der Waals surface area contributed by atoms with Gasteiger partial charge in [-0.15, -0.1) is 0 Å². The number of piperidine rings is 1. The lowest BCUT2D eigenvalue weighted by Crippen LogP contribution is -2.80. The van der Waals surface area contributed by atoms with Gasteiger partial charge in [0.1, 0.15) is 11.7 Å². The fourth-order valence-corrected chi connectivity index (χ4v) is 9.53. The number of hydrogen-bond acceptors (Lipinski definition) is 5. The smallest absolute Gasteiger partial charge is 0.165 e. The number of methoxy groups -OCH3 is 1. The van der Waals surface area contributed by atoms with Crippen molar-refractivity contribution in [2.24, 2.45) is 17.3 Å². The molecule has 2 N–H and O–H groups in total. The molecule has 2 spiro atoms. The van der Waals surface area contributed by atoms with Gasteiger partial charge in [-0.2, -0.15) is 0 Å². The van der Waals surface area contributed by atoms with Gasteiger partial charge in [0, 0.05) is 36.6 Å². The molecule has 5 bridgehead atoms. The third-order valence-electron chi connectivity index (χ3n) is 10.3. The monoisotopic (exact) mass is 423 g/mol. The molecule has 0 amide bonds. The van der Waals surface area contributed by atoms with Crippen molar-refractivity contribution >= 4 is 0 Å². The molecule has 3 fully saturated rings. The maximum atomic E-state index is 12.0. The van der Waals surface area contributed by atoms with Gasteiger partial charge in [0.15, 0.2) is 11.5 Å². The number of ether oxygens (including phenoxy) is 2. The Labute approximate surface area is 184 Å². The number of hydrogen-bond donors (Lipinski definition) is 2. The van der Waals surface area contributed by atoms with Crippen LogP contribution in [0, 0.1) is 17.3 Å².